The van der Waals surface area contributed by atoms with Crippen molar-refractivity contribution in [1.29, 1.82) is 0 Å². The van der Waals surface area contributed by atoms with E-state index in [2.05, 4.69) is 38.7 Å². The molecule has 0 heterocycles. The van der Waals surface area contributed by atoms with Gasteiger partial charge in [-0.1, -0.05) is 64.5 Å². The molecule has 5 rings (SSSR count). The highest BCUT2D eigenvalue weighted by atomic mass is 79.9. The minimum atomic E-state index is -0.305. The zero-order chi connectivity index (χ0) is 22.3. The summed E-state index contributed by atoms with van der Waals surface area (Å²) < 4.78 is 1.01. The molecule has 166 valence electrons. The Balaban J connectivity index is 1.28. The van der Waals surface area contributed by atoms with Crippen LogP contribution in [0.3, 0.4) is 0 Å². The van der Waals surface area contributed by atoms with Crippen LogP contribution in [0.5, 0.6) is 0 Å². The van der Waals surface area contributed by atoms with Gasteiger partial charge < -0.3 is 16.4 Å². The number of carbonyl (C=O) groups is 2. The Morgan fingerprint density at radius 2 is 1.25 bits per heavy atom. The zero-order valence-electron chi connectivity index (χ0n) is 17.9. The molecule has 0 saturated heterocycles. The molecule has 1 spiro atoms. The van der Waals surface area contributed by atoms with Gasteiger partial charge in [0.2, 0.25) is 11.8 Å². The molecule has 4 N–H and O–H groups in total. The third-order valence-electron chi connectivity index (χ3n) is 7.55. The molecule has 32 heavy (non-hydrogen) atoms. The summed E-state index contributed by atoms with van der Waals surface area (Å²) in [7, 11) is 0. The average molecular weight is 494 g/mol. The van der Waals surface area contributed by atoms with Crippen LogP contribution in [0.25, 0.3) is 0 Å². The smallest absolute Gasteiger partial charge is 0.224 e. The molecule has 5 nitrogen and oxygen atoms in total. The monoisotopic (exact) mass is 493 g/mol. The fourth-order valence-corrected chi connectivity index (χ4v) is 5.98. The van der Waals surface area contributed by atoms with Crippen molar-refractivity contribution in [1.82, 2.24) is 10.6 Å². The van der Waals surface area contributed by atoms with E-state index < -0.39 is 0 Å². The molecule has 0 unspecified atom stereocenters. The number of halogens is 1. The van der Waals surface area contributed by atoms with Crippen LogP contribution in [0.2, 0.25) is 0 Å². The van der Waals surface area contributed by atoms with Crippen molar-refractivity contribution in [3.8, 4) is 0 Å². The second kappa shape index (κ2) is 8.49. The highest BCUT2D eigenvalue weighted by Crippen LogP contribution is 2.72. The van der Waals surface area contributed by atoms with Crippen molar-refractivity contribution in [2.45, 2.75) is 32.5 Å². The molecular weight excluding hydrogens is 466 g/mol. The lowest BCUT2D eigenvalue weighted by Gasteiger charge is -2.26. The van der Waals surface area contributed by atoms with Crippen molar-refractivity contribution in [2.75, 3.05) is 0 Å². The van der Waals surface area contributed by atoms with Gasteiger partial charge in [0.25, 0.3) is 0 Å². The predicted octanol–water partition coefficient (Wildman–Crippen LogP) is 3.67. The average Bonchev–Trinajstić information content (AvgIpc) is 3.49. The van der Waals surface area contributed by atoms with Gasteiger partial charge in [-0.3, -0.25) is 9.59 Å². The lowest BCUT2D eigenvalue weighted by Crippen LogP contribution is -2.43. The van der Waals surface area contributed by atoms with Crippen LogP contribution in [0.15, 0.2) is 65.2 Å². The molecule has 0 radical (unpaired) electrons. The van der Waals surface area contributed by atoms with Gasteiger partial charge >= 0.3 is 0 Å². The molecule has 2 amide bonds. The number of carbonyl (C=O) groups excluding carboxylic acids is 2. The summed E-state index contributed by atoms with van der Waals surface area (Å²) in [5.41, 5.74) is 8.94. The minimum absolute atomic E-state index is 0.0107. The number of rotatable bonds is 7. The van der Waals surface area contributed by atoms with Crippen LogP contribution < -0.4 is 16.4 Å². The van der Waals surface area contributed by atoms with Gasteiger partial charge in [0, 0.05) is 24.1 Å². The highest BCUT2D eigenvalue weighted by Gasteiger charge is 2.69. The van der Waals surface area contributed by atoms with E-state index >= 15 is 0 Å². The number of benzene rings is 2. The summed E-state index contributed by atoms with van der Waals surface area (Å²) in [6.07, 6.45) is 6.60. The van der Waals surface area contributed by atoms with Crippen molar-refractivity contribution in [3.63, 3.8) is 0 Å². The summed E-state index contributed by atoms with van der Waals surface area (Å²) >= 11 is 3.44. The predicted molar refractivity (Wildman–Crippen MR) is 127 cm³/mol. The molecule has 6 heteroatoms. The van der Waals surface area contributed by atoms with Crippen LogP contribution >= 0.6 is 15.9 Å². The lowest BCUT2D eigenvalue weighted by molar-refractivity contribution is -0.135. The maximum absolute atomic E-state index is 13.3. The molecule has 3 aliphatic carbocycles. The van der Waals surface area contributed by atoms with Gasteiger partial charge in [-0.25, -0.2) is 0 Å². The first-order valence-corrected chi connectivity index (χ1v) is 12.1. The molecule has 4 atom stereocenters. The van der Waals surface area contributed by atoms with E-state index in [1.54, 1.807) is 0 Å². The standard InChI is InChI=1S/C26H28BrN3O2/c27-19-7-5-18(6-8-19)15-30-25(32)23-21-10-9-20(26(21)11-12-26)22(23)24(31)29-14-17-3-1-16(13-28)2-4-17/h1-10,20-23H,11-15,28H2,(H,29,31)(H,30,32)/t20-,21-,22-,23-/m1/s1. The van der Waals surface area contributed by atoms with Gasteiger partial charge in [-0.2, -0.15) is 0 Å². The molecule has 2 aromatic carbocycles. The zero-order valence-corrected chi connectivity index (χ0v) is 19.5. The normalized spacial score (nSPS) is 26.3. The first kappa shape index (κ1) is 21.4. The van der Waals surface area contributed by atoms with Crippen LogP contribution in [-0.2, 0) is 29.2 Å². The van der Waals surface area contributed by atoms with Crippen LogP contribution in [0.4, 0.5) is 0 Å². The number of amides is 2. The fraction of sp³-hybridized carbons (Fsp3) is 0.385. The second-order valence-corrected chi connectivity index (χ2v) is 10.2. The maximum Gasteiger partial charge on any atom is 0.224 e. The lowest BCUT2D eigenvalue weighted by atomic mass is 9.81. The highest BCUT2D eigenvalue weighted by molar-refractivity contribution is 9.10. The Bertz CT molecular complexity index is 1040. The van der Waals surface area contributed by atoms with Crippen LogP contribution in [0.1, 0.15) is 29.5 Å². The van der Waals surface area contributed by atoms with Crippen LogP contribution in [0, 0.1) is 29.1 Å². The maximum atomic E-state index is 13.3. The quantitative estimate of drug-likeness (QED) is 0.514. The topological polar surface area (TPSA) is 84.2 Å². The van der Waals surface area contributed by atoms with Crippen molar-refractivity contribution >= 4 is 27.7 Å². The SMILES string of the molecule is NCc1ccc(CNC(=O)[C@H]2[C@H](C(=O)NCc3ccc(Br)cc3)[C@H]3C=C[C@H]2C32CC2)cc1. The molecule has 2 bridgehead atoms. The molecule has 2 fully saturated rings. The minimum Gasteiger partial charge on any atom is -0.352 e. The van der Waals surface area contributed by atoms with Gasteiger partial charge in [-0.05, 0) is 58.9 Å². The molecule has 0 aromatic heterocycles. The number of hydrogen-bond donors (Lipinski definition) is 3. The molecule has 3 aliphatic rings. The summed E-state index contributed by atoms with van der Waals surface area (Å²) in [6, 6.07) is 15.9. The van der Waals surface area contributed by atoms with E-state index in [9.17, 15) is 9.59 Å². The first-order valence-electron chi connectivity index (χ1n) is 11.3. The Kier molecular flexibility index (Phi) is 5.68. The third-order valence-corrected chi connectivity index (χ3v) is 8.08. The fourth-order valence-electron chi connectivity index (χ4n) is 5.72. The van der Waals surface area contributed by atoms with Crippen molar-refractivity contribution in [2.24, 2.45) is 34.8 Å². The Labute approximate surface area is 197 Å². The van der Waals surface area contributed by atoms with Crippen LogP contribution in [-0.4, -0.2) is 11.8 Å². The van der Waals surface area contributed by atoms with Gasteiger partial charge in [0.15, 0.2) is 0 Å². The Morgan fingerprint density at radius 3 is 1.69 bits per heavy atom. The molecule has 2 saturated carbocycles. The summed E-state index contributed by atoms with van der Waals surface area (Å²) in [5, 5.41) is 6.21. The summed E-state index contributed by atoms with van der Waals surface area (Å²) in [4.78, 5) is 26.6. The number of hydrogen-bond acceptors (Lipinski definition) is 3. The Morgan fingerprint density at radius 1 is 0.812 bits per heavy atom. The van der Waals surface area contributed by atoms with E-state index in [0.717, 1.165) is 34.0 Å². The van der Waals surface area contributed by atoms with E-state index in [4.69, 9.17) is 5.73 Å². The number of nitrogens with one attached hydrogen (secondary N) is 2. The molecular formula is C26H28BrN3O2. The largest absolute Gasteiger partial charge is 0.352 e. The molecule has 2 aromatic rings. The van der Waals surface area contributed by atoms with Crippen molar-refractivity contribution in [3.05, 3.63) is 81.8 Å². The Hall–Kier alpha value is -2.44. The van der Waals surface area contributed by atoms with E-state index in [1.165, 1.54) is 0 Å². The van der Waals surface area contributed by atoms with Gasteiger partial charge in [-0.15, -0.1) is 0 Å². The summed E-state index contributed by atoms with van der Waals surface area (Å²) in [6.45, 7) is 1.43. The van der Waals surface area contributed by atoms with E-state index in [-0.39, 0.29) is 40.9 Å². The van der Waals surface area contributed by atoms with Gasteiger partial charge in [0.1, 0.15) is 0 Å². The summed E-state index contributed by atoms with van der Waals surface area (Å²) in [5.74, 6) is -0.306. The van der Waals surface area contributed by atoms with E-state index in [1.807, 2.05) is 48.5 Å². The molecule has 0 aliphatic heterocycles. The number of nitrogens with two attached hydrogens (primary N) is 1. The van der Waals surface area contributed by atoms with Crippen molar-refractivity contribution < 1.29 is 9.59 Å². The first-order chi connectivity index (χ1) is 15.5. The van der Waals surface area contributed by atoms with E-state index in [0.29, 0.717) is 19.6 Å². The third kappa shape index (κ3) is 3.80. The second-order valence-electron chi connectivity index (χ2n) is 9.30. The number of allylic oxidation sites excluding steroid dienone is 2. The van der Waals surface area contributed by atoms with Gasteiger partial charge in [0.05, 0.1) is 11.8 Å².